The van der Waals surface area contributed by atoms with Gasteiger partial charge in [0, 0.05) is 19.7 Å². The first-order valence-corrected chi connectivity index (χ1v) is 8.28. The molecule has 0 spiro atoms. The third-order valence-electron chi connectivity index (χ3n) is 3.59. The first-order valence-electron chi connectivity index (χ1n) is 8.28. The molecular formula is C20H20F3NO3. The zero-order chi connectivity index (χ0) is 19.8. The summed E-state index contributed by atoms with van der Waals surface area (Å²) in [6.45, 7) is -0.697. The fourth-order valence-electron chi connectivity index (χ4n) is 2.37. The number of likely N-dealkylation sites (N-methyl/N-ethyl adjacent to an activating group) is 1. The van der Waals surface area contributed by atoms with E-state index in [9.17, 15) is 18.0 Å². The summed E-state index contributed by atoms with van der Waals surface area (Å²) < 4.78 is 47.8. The second kappa shape index (κ2) is 9.66. The molecule has 0 fully saturated rings. The fraction of sp³-hybridized carbons (Fsp3) is 0.250. The van der Waals surface area contributed by atoms with E-state index in [1.807, 2.05) is 0 Å². The molecule has 0 aromatic heterocycles. The van der Waals surface area contributed by atoms with Gasteiger partial charge in [0.05, 0.1) is 6.61 Å². The van der Waals surface area contributed by atoms with Crippen LogP contribution in [0.3, 0.4) is 0 Å². The minimum absolute atomic E-state index is 0.0708. The summed E-state index contributed by atoms with van der Waals surface area (Å²) in [6, 6.07) is 10.4. The van der Waals surface area contributed by atoms with E-state index in [0.717, 1.165) is 0 Å². The summed E-state index contributed by atoms with van der Waals surface area (Å²) in [5.74, 6) is -0.553. The minimum Gasteiger partial charge on any atom is -0.490 e. The molecule has 0 aliphatic rings. The van der Waals surface area contributed by atoms with E-state index in [4.69, 9.17) is 4.74 Å². The van der Waals surface area contributed by atoms with Crippen LogP contribution in [0.25, 0.3) is 6.08 Å². The molecule has 0 N–H and O–H groups in total. The van der Waals surface area contributed by atoms with E-state index in [0.29, 0.717) is 11.1 Å². The molecule has 7 heteroatoms. The van der Waals surface area contributed by atoms with E-state index in [1.54, 1.807) is 32.2 Å². The van der Waals surface area contributed by atoms with E-state index in [-0.39, 0.29) is 36.4 Å². The third-order valence-corrected chi connectivity index (χ3v) is 3.59. The Kier molecular flexibility index (Phi) is 7.28. The summed E-state index contributed by atoms with van der Waals surface area (Å²) in [5, 5.41) is 0. The lowest BCUT2D eigenvalue weighted by molar-refractivity contribution is -0.125. The molecule has 2 aromatic carbocycles. The van der Waals surface area contributed by atoms with Gasteiger partial charge in [-0.2, -0.15) is 8.78 Å². The predicted octanol–water partition coefficient (Wildman–Crippen LogP) is 4.50. The Hall–Kier alpha value is -2.96. The quantitative estimate of drug-likeness (QED) is 0.634. The smallest absolute Gasteiger partial charge is 0.387 e. The average molecular weight is 379 g/mol. The highest BCUT2D eigenvalue weighted by Gasteiger charge is 2.11. The van der Waals surface area contributed by atoms with Gasteiger partial charge in [0.2, 0.25) is 5.91 Å². The number of benzene rings is 2. The van der Waals surface area contributed by atoms with Gasteiger partial charge in [-0.25, -0.2) is 4.39 Å². The molecule has 2 rings (SSSR count). The molecule has 144 valence electrons. The van der Waals surface area contributed by atoms with Gasteiger partial charge < -0.3 is 14.4 Å². The molecule has 0 heterocycles. The van der Waals surface area contributed by atoms with Crippen LogP contribution in [0, 0.1) is 5.82 Å². The minimum atomic E-state index is -2.95. The van der Waals surface area contributed by atoms with Gasteiger partial charge in [0.25, 0.3) is 0 Å². The monoisotopic (exact) mass is 379 g/mol. The molecule has 1 amide bonds. The van der Waals surface area contributed by atoms with Crippen molar-refractivity contribution in [1.29, 1.82) is 0 Å². The van der Waals surface area contributed by atoms with Crippen molar-refractivity contribution in [2.24, 2.45) is 0 Å². The maximum absolute atomic E-state index is 13.2. The summed E-state index contributed by atoms with van der Waals surface area (Å²) in [5.41, 5.74) is 1.26. The standard InChI is InChI=1S/C20H20F3NO3/c1-3-26-18-12-14(7-9-17(18)27-20(22)23)8-10-19(25)24(2)13-15-5-4-6-16(21)11-15/h4-12,20H,3,13H2,1-2H3/b10-8+. The molecule has 0 bridgehead atoms. The highest BCUT2D eigenvalue weighted by atomic mass is 19.3. The summed E-state index contributed by atoms with van der Waals surface area (Å²) in [6.07, 6.45) is 2.89. The summed E-state index contributed by atoms with van der Waals surface area (Å²) >= 11 is 0. The fourth-order valence-corrected chi connectivity index (χ4v) is 2.37. The van der Waals surface area contributed by atoms with Crippen molar-refractivity contribution in [2.45, 2.75) is 20.1 Å². The number of halogens is 3. The molecule has 0 saturated carbocycles. The Balaban J connectivity index is 2.07. The van der Waals surface area contributed by atoms with Gasteiger partial charge >= 0.3 is 6.61 Å². The van der Waals surface area contributed by atoms with Crippen molar-refractivity contribution in [3.63, 3.8) is 0 Å². The zero-order valence-corrected chi connectivity index (χ0v) is 15.0. The molecule has 27 heavy (non-hydrogen) atoms. The van der Waals surface area contributed by atoms with E-state index in [1.165, 1.54) is 41.3 Å². The number of amides is 1. The van der Waals surface area contributed by atoms with Crippen LogP contribution < -0.4 is 9.47 Å². The van der Waals surface area contributed by atoms with Crippen molar-refractivity contribution in [3.8, 4) is 11.5 Å². The van der Waals surface area contributed by atoms with Crippen LogP contribution >= 0.6 is 0 Å². The Morgan fingerprint density at radius 2 is 1.96 bits per heavy atom. The van der Waals surface area contributed by atoms with Crippen molar-refractivity contribution in [1.82, 2.24) is 4.90 Å². The lowest BCUT2D eigenvalue weighted by Gasteiger charge is -2.15. The molecular weight excluding hydrogens is 359 g/mol. The highest BCUT2D eigenvalue weighted by Crippen LogP contribution is 2.30. The molecule has 0 radical (unpaired) electrons. The molecule has 4 nitrogen and oxygen atoms in total. The molecule has 0 saturated heterocycles. The first kappa shape index (κ1) is 20.4. The van der Waals surface area contributed by atoms with E-state index < -0.39 is 6.61 Å². The van der Waals surface area contributed by atoms with Crippen LogP contribution in [0.1, 0.15) is 18.1 Å². The van der Waals surface area contributed by atoms with Crippen molar-refractivity contribution >= 4 is 12.0 Å². The maximum atomic E-state index is 13.2. The van der Waals surface area contributed by atoms with Crippen LogP contribution in [0.15, 0.2) is 48.5 Å². The normalized spacial score (nSPS) is 11.0. The van der Waals surface area contributed by atoms with Crippen molar-refractivity contribution in [2.75, 3.05) is 13.7 Å². The van der Waals surface area contributed by atoms with Crippen LogP contribution in [0.4, 0.5) is 13.2 Å². The SMILES string of the molecule is CCOc1cc(/C=C/C(=O)N(C)Cc2cccc(F)c2)ccc1OC(F)F. The van der Waals surface area contributed by atoms with Crippen molar-refractivity contribution < 1.29 is 27.4 Å². The van der Waals surface area contributed by atoms with Gasteiger partial charge in [-0.05, 0) is 48.4 Å². The lowest BCUT2D eigenvalue weighted by Crippen LogP contribution is -2.24. The number of alkyl halides is 2. The number of carbonyl (C=O) groups is 1. The van der Waals surface area contributed by atoms with Gasteiger partial charge in [-0.3, -0.25) is 4.79 Å². The maximum Gasteiger partial charge on any atom is 0.387 e. The topological polar surface area (TPSA) is 38.8 Å². The highest BCUT2D eigenvalue weighted by molar-refractivity contribution is 5.91. The molecule has 0 aliphatic heterocycles. The number of rotatable bonds is 8. The number of ether oxygens (including phenoxy) is 2. The van der Waals surface area contributed by atoms with Crippen LogP contribution in [-0.2, 0) is 11.3 Å². The molecule has 0 aliphatic carbocycles. The van der Waals surface area contributed by atoms with Crippen LogP contribution in [0.2, 0.25) is 0 Å². The summed E-state index contributed by atoms with van der Waals surface area (Å²) in [4.78, 5) is 13.7. The molecule has 0 atom stereocenters. The van der Waals surface area contributed by atoms with Gasteiger partial charge in [0.1, 0.15) is 5.82 Å². The number of nitrogens with zero attached hydrogens (tertiary/aromatic N) is 1. The van der Waals surface area contributed by atoms with Crippen molar-refractivity contribution in [3.05, 3.63) is 65.5 Å². The van der Waals surface area contributed by atoms with Gasteiger partial charge in [-0.1, -0.05) is 18.2 Å². The Labute approximate surface area is 155 Å². The van der Waals surface area contributed by atoms with Crippen LogP contribution in [0.5, 0.6) is 11.5 Å². The Bertz CT molecular complexity index is 809. The third kappa shape index (κ3) is 6.36. The number of carbonyl (C=O) groups excluding carboxylic acids is 1. The van der Waals surface area contributed by atoms with Gasteiger partial charge in [-0.15, -0.1) is 0 Å². The average Bonchev–Trinajstić information content (AvgIpc) is 2.61. The largest absolute Gasteiger partial charge is 0.490 e. The first-order chi connectivity index (χ1) is 12.9. The second-order valence-corrected chi connectivity index (χ2v) is 5.68. The number of hydrogen-bond donors (Lipinski definition) is 0. The van der Waals surface area contributed by atoms with Gasteiger partial charge in [0.15, 0.2) is 11.5 Å². The van der Waals surface area contributed by atoms with E-state index in [2.05, 4.69) is 4.74 Å². The summed E-state index contributed by atoms with van der Waals surface area (Å²) in [7, 11) is 1.60. The zero-order valence-electron chi connectivity index (χ0n) is 15.0. The lowest BCUT2D eigenvalue weighted by atomic mass is 10.1. The predicted molar refractivity (Wildman–Crippen MR) is 96.2 cm³/mol. The molecule has 2 aromatic rings. The molecule has 0 unspecified atom stereocenters. The Morgan fingerprint density at radius 1 is 1.19 bits per heavy atom. The number of hydrogen-bond acceptors (Lipinski definition) is 3. The van der Waals surface area contributed by atoms with Crippen LogP contribution in [-0.4, -0.2) is 31.1 Å². The van der Waals surface area contributed by atoms with E-state index >= 15 is 0 Å². The Morgan fingerprint density at radius 3 is 2.63 bits per heavy atom. The second-order valence-electron chi connectivity index (χ2n) is 5.68.